The number of hydrogen-bond acceptors (Lipinski definition) is 4. The minimum atomic E-state index is -3.80. The fourth-order valence-corrected chi connectivity index (χ4v) is 4.73. The van der Waals surface area contributed by atoms with E-state index in [1.807, 2.05) is 7.05 Å². The second-order valence-corrected chi connectivity index (χ2v) is 7.92. The number of sulfonamides is 1. The highest BCUT2D eigenvalue weighted by atomic mass is 32.2. The highest BCUT2D eigenvalue weighted by Crippen LogP contribution is 2.28. The lowest BCUT2D eigenvalue weighted by atomic mass is 9.95. The monoisotopic (exact) mass is 328 g/mol. The summed E-state index contributed by atoms with van der Waals surface area (Å²) in [6.45, 7) is 3.08. The van der Waals surface area contributed by atoms with Crippen molar-refractivity contribution in [1.82, 2.24) is 9.21 Å². The van der Waals surface area contributed by atoms with Gasteiger partial charge in [0.05, 0.1) is 12.7 Å². The molecular weight excluding hydrogens is 307 g/mol. The summed E-state index contributed by atoms with van der Waals surface area (Å²) in [5, 5.41) is 0. The van der Waals surface area contributed by atoms with Gasteiger partial charge in [0.25, 0.3) is 0 Å². The summed E-state index contributed by atoms with van der Waals surface area (Å²) in [4.78, 5) is 1.96. The molecule has 2 atom stereocenters. The molecular formula is C15H21FN2O3S. The molecule has 3 rings (SSSR count). The Morgan fingerprint density at radius 2 is 2.00 bits per heavy atom. The zero-order valence-electron chi connectivity index (χ0n) is 12.6. The first-order valence-electron chi connectivity index (χ1n) is 7.53. The predicted octanol–water partition coefficient (Wildman–Crippen LogP) is 1.17. The van der Waals surface area contributed by atoms with Crippen LogP contribution in [0.2, 0.25) is 0 Å². The van der Waals surface area contributed by atoms with Crippen LogP contribution in [0.15, 0.2) is 29.2 Å². The summed E-state index contributed by atoms with van der Waals surface area (Å²) in [7, 11) is -1.75. The van der Waals surface area contributed by atoms with Gasteiger partial charge >= 0.3 is 0 Å². The number of halogens is 1. The molecule has 0 spiro atoms. The summed E-state index contributed by atoms with van der Waals surface area (Å²) < 4.78 is 46.3. The van der Waals surface area contributed by atoms with Crippen LogP contribution in [0.1, 0.15) is 6.42 Å². The van der Waals surface area contributed by atoms with Crippen LogP contribution < -0.4 is 0 Å². The van der Waals surface area contributed by atoms with E-state index in [-0.39, 0.29) is 11.0 Å². The Labute approximate surface area is 130 Å². The van der Waals surface area contributed by atoms with Gasteiger partial charge < -0.3 is 9.64 Å². The van der Waals surface area contributed by atoms with E-state index in [4.69, 9.17) is 4.74 Å². The van der Waals surface area contributed by atoms with Crippen molar-refractivity contribution >= 4 is 10.0 Å². The van der Waals surface area contributed by atoms with Gasteiger partial charge in [-0.15, -0.1) is 0 Å². The molecule has 2 fully saturated rings. The number of benzene rings is 1. The smallest absolute Gasteiger partial charge is 0.246 e. The second kappa shape index (κ2) is 6.23. The molecule has 0 aromatic heterocycles. The van der Waals surface area contributed by atoms with Crippen LogP contribution in [-0.4, -0.2) is 63.6 Å². The predicted molar refractivity (Wildman–Crippen MR) is 80.5 cm³/mol. The molecule has 2 heterocycles. The average molecular weight is 328 g/mol. The number of rotatable bonds is 2. The van der Waals surface area contributed by atoms with E-state index in [9.17, 15) is 12.8 Å². The lowest BCUT2D eigenvalue weighted by Gasteiger charge is -2.37. The summed E-state index contributed by atoms with van der Waals surface area (Å²) in [6.07, 6.45) is 0.628. The van der Waals surface area contributed by atoms with Crippen molar-refractivity contribution in [2.45, 2.75) is 17.4 Å². The van der Waals surface area contributed by atoms with E-state index in [0.29, 0.717) is 25.6 Å². The highest BCUT2D eigenvalue weighted by molar-refractivity contribution is 7.89. The zero-order chi connectivity index (χ0) is 15.7. The van der Waals surface area contributed by atoms with Crippen molar-refractivity contribution in [2.75, 3.05) is 39.8 Å². The zero-order valence-corrected chi connectivity index (χ0v) is 13.4. The Morgan fingerprint density at radius 1 is 1.23 bits per heavy atom. The third-order valence-electron chi connectivity index (χ3n) is 4.46. The van der Waals surface area contributed by atoms with Crippen LogP contribution in [0.5, 0.6) is 0 Å². The van der Waals surface area contributed by atoms with Gasteiger partial charge in [-0.3, -0.25) is 0 Å². The molecule has 1 aromatic rings. The van der Waals surface area contributed by atoms with Crippen molar-refractivity contribution < 1.29 is 17.5 Å². The summed E-state index contributed by atoms with van der Waals surface area (Å²) in [6, 6.07) is 5.53. The first-order valence-corrected chi connectivity index (χ1v) is 8.97. The van der Waals surface area contributed by atoms with Gasteiger partial charge in [-0.25, -0.2) is 12.8 Å². The lowest BCUT2D eigenvalue weighted by molar-refractivity contribution is -0.00192. The maximum atomic E-state index is 13.8. The minimum Gasteiger partial charge on any atom is -0.375 e. The van der Waals surface area contributed by atoms with E-state index >= 15 is 0 Å². The molecule has 0 aliphatic carbocycles. The van der Waals surface area contributed by atoms with Crippen molar-refractivity contribution in [2.24, 2.45) is 5.92 Å². The van der Waals surface area contributed by atoms with E-state index in [1.165, 1.54) is 22.5 Å². The number of fused-ring (bicyclic) bond motifs is 1. The summed E-state index contributed by atoms with van der Waals surface area (Å²) >= 11 is 0. The van der Waals surface area contributed by atoms with Crippen molar-refractivity contribution in [3.8, 4) is 0 Å². The van der Waals surface area contributed by atoms with Gasteiger partial charge in [0.2, 0.25) is 10.0 Å². The van der Waals surface area contributed by atoms with Crippen molar-refractivity contribution in [3.63, 3.8) is 0 Å². The SMILES string of the molecule is CN1CCO[C@@H]2CN(S(=O)(=O)c3ccccc3F)CC[C@@H]2C1. The second-order valence-electron chi connectivity index (χ2n) is 6.01. The molecule has 0 saturated carbocycles. The minimum absolute atomic E-state index is 0.111. The molecule has 22 heavy (non-hydrogen) atoms. The van der Waals surface area contributed by atoms with Gasteiger partial charge in [0.15, 0.2) is 0 Å². The standard InChI is InChI=1S/C15H21FN2O3S/c1-17-8-9-21-14-11-18(7-6-12(14)10-17)22(19,20)15-5-3-2-4-13(15)16/h2-5,12,14H,6-11H2,1H3/t12-,14-/m1/s1. The van der Waals surface area contributed by atoms with Gasteiger partial charge in [-0.2, -0.15) is 4.31 Å². The Hall–Kier alpha value is -1.02. The van der Waals surface area contributed by atoms with Crippen LogP contribution in [0.3, 0.4) is 0 Å². The van der Waals surface area contributed by atoms with Crippen LogP contribution in [0.4, 0.5) is 4.39 Å². The van der Waals surface area contributed by atoms with Crippen LogP contribution >= 0.6 is 0 Å². The molecule has 0 radical (unpaired) electrons. The largest absolute Gasteiger partial charge is 0.375 e. The molecule has 5 nitrogen and oxygen atoms in total. The maximum absolute atomic E-state index is 13.8. The van der Waals surface area contributed by atoms with Gasteiger partial charge in [0, 0.05) is 32.1 Å². The Kier molecular flexibility index (Phi) is 4.49. The Morgan fingerprint density at radius 3 is 2.77 bits per heavy atom. The molecule has 1 aromatic carbocycles. The summed E-state index contributed by atoms with van der Waals surface area (Å²) in [5.74, 6) is -0.370. The van der Waals surface area contributed by atoms with Gasteiger partial charge in [0.1, 0.15) is 10.7 Å². The van der Waals surface area contributed by atoms with E-state index in [1.54, 1.807) is 6.07 Å². The number of nitrogens with zero attached hydrogens (tertiary/aromatic N) is 2. The molecule has 2 aliphatic rings. The number of likely N-dealkylation sites (N-methyl/N-ethyl adjacent to an activating group) is 1. The molecule has 122 valence electrons. The normalized spacial score (nSPS) is 28.1. The fraction of sp³-hybridized carbons (Fsp3) is 0.600. The van der Waals surface area contributed by atoms with Crippen LogP contribution in [-0.2, 0) is 14.8 Å². The number of piperidine rings is 1. The highest BCUT2D eigenvalue weighted by Gasteiger charge is 2.38. The average Bonchev–Trinajstić information content (AvgIpc) is 2.67. The molecule has 2 saturated heterocycles. The van der Waals surface area contributed by atoms with E-state index in [2.05, 4.69) is 4.90 Å². The van der Waals surface area contributed by atoms with E-state index in [0.717, 1.165) is 19.5 Å². The number of hydrogen-bond donors (Lipinski definition) is 0. The molecule has 0 unspecified atom stereocenters. The molecule has 0 amide bonds. The topological polar surface area (TPSA) is 49.9 Å². The van der Waals surface area contributed by atoms with Crippen LogP contribution in [0, 0.1) is 11.7 Å². The van der Waals surface area contributed by atoms with Crippen molar-refractivity contribution in [3.05, 3.63) is 30.1 Å². The maximum Gasteiger partial charge on any atom is 0.246 e. The first kappa shape index (κ1) is 15.9. The number of ether oxygens (including phenoxy) is 1. The fourth-order valence-electron chi connectivity index (χ4n) is 3.20. The molecule has 0 N–H and O–H groups in total. The molecule has 2 aliphatic heterocycles. The molecule has 0 bridgehead atoms. The van der Waals surface area contributed by atoms with Gasteiger partial charge in [-0.05, 0) is 25.6 Å². The lowest BCUT2D eigenvalue weighted by Crippen LogP contribution is -2.48. The van der Waals surface area contributed by atoms with Crippen molar-refractivity contribution in [1.29, 1.82) is 0 Å². The first-order chi connectivity index (χ1) is 10.5. The summed E-state index contributed by atoms with van der Waals surface area (Å²) in [5.41, 5.74) is 0. The Bertz CT molecular complexity index is 637. The van der Waals surface area contributed by atoms with E-state index < -0.39 is 15.8 Å². The Balaban J connectivity index is 1.81. The third-order valence-corrected chi connectivity index (χ3v) is 6.36. The van der Waals surface area contributed by atoms with Gasteiger partial charge in [-0.1, -0.05) is 12.1 Å². The molecule has 7 heteroatoms. The van der Waals surface area contributed by atoms with Crippen LogP contribution in [0.25, 0.3) is 0 Å². The third kappa shape index (κ3) is 3.03. The quantitative estimate of drug-likeness (QED) is 0.818.